The Morgan fingerprint density at radius 3 is 2.48 bits per heavy atom. The summed E-state index contributed by atoms with van der Waals surface area (Å²) in [6, 6.07) is 17.8. The number of aliphatic carboxylic acids is 1. The number of aryl methyl sites for hydroxylation is 1. The van der Waals surface area contributed by atoms with Crippen LogP contribution in [0, 0.1) is 11.3 Å². The molecule has 218 valence electrons. The summed E-state index contributed by atoms with van der Waals surface area (Å²) < 4.78 is 9.51. The second kappa shape index (κ2) is 12.7. The highest BCUT2D eigenvalue weighted by molar-refractivity contribution is 5.72. The van der Waals surface area contributed by atoms with Crippen molar-refractivity contribution in [1.82, 2.24) is 19.2 Å². The third kappa shape index (κ3) is 5.59. The number of rotatable bonds is 10. The quantitative estimate of drug-likeness (QED) is 0.253. The van der Waals surface area contributed by atoms with Gasteiger partial charge < -0.3 is 9.84 Å². The predicted molar refractivity (Wildman–Crippen MR) is 159 cm³/mol. The lowest BCUT2D eigenvalue weighted by Gasteiger charge is -2.32. The van der Waals surface area contributed by atoms with Crippen molar-refractivity contribution >= 4 is 11.7 Å². The highest BCUT2D eigenvalue weighted by Gasteiger charge is 2.31. The molecule has 42 heavy (non-hydrogen) atoms. The lowest BCUT2D eigenvalue weighted by molar-refractivity contribution is -0.156. The van der Waals surface area contributed by atoms with E-state index in [-0.39, 0.29) is 23.6 Å². The molecule has 9 nitrogen and oxygen atoms in total. The van der Waals surface area contributed by atoms with Gasteiger partial charge in [0.05, 0.1) is 23.4 Å². The molecule has 5 rings (SSSR count). The first kappa shape index (κ1) is 29.2. The van der Waals surface area contributed by atoms with Crippen LogP contribution in [0.2, 0.25) is 0 Å². The van der Waals surface area contributed by atoms with Gasteiger partial charge in [-0.05, 0) is 61.3 Å². The summed E-state index contributed by atoms with van der Waals surface area (Å²) in [6.45, 7) is 5.96. The number of hydrogen-bond donors (Lipinski definition) is 1. The van der Waals surface area contributed by atoms with Crippen LogP contribution in [0.4, 0.5) is 0 Å². The SMILES string of the molecule is CCCc1c(C(C)c2ccc(-c3ccccc3C#N)cc2)c(=O)n([C@H]2CC[C@H](OC(CC)C(=O)O)CC2)c2ncnn12. The molecular weight excluding hydrogens is 530 g/mol. The number of carboxylic acid groups (broad SMARTS) is 1. The molecule has 1 aliphatic carbocycles. The first-order valence-corrected chi connectivity index (χ1v) is 14.8. The Balaban J connectivity index is 1.50. The monoisotopic (exact) mass is 567 g/mol. The van der Waals surface area contributed by atoms with Gasteiger partial charge in [-0.1, -0.05) is 69.7 Å². The van der Waals surface area contributed by atoms with E-state index < -0.39 is 12.1 Å². The molecular formula is C33H37N5O4. The molecule has 2 aromatic heterocycles. The molecule has 0 bridgehead atoms. The fraction of sp³-hybridized carbons (Fsp3) is 0.424. The maximum atomic E-state index is 14.4. The third-order valence-electron chi connectivity index (χ3n) is 8.46. The van der Waals surface area contributed by atoms with Gasteiger partial charge in [0.25, 0.3) is 5.56 Å². The maximum Gasteiger partial charge on any atom is 0.332 e. The molecule has 1 N–H and O–H groups in total. The van der Waals surface area contributed by atoms with Gasteiger partial charge in [0, 0.05) is 17.5 Å². The molecule has 9 heteroatoms. The summed E-state index contributed by atoms with van der Waals surface area (Å²) in [6.07, 6.45) is 5.25. The van der Waals surface area contributed by atoms with E-state index in [9.17, 15) is 20.0 Å². The summed E-state index contributed by atoms with van der Waals surface area (Å²) in [5.41, 5.74) is 5.00. The lowest BCUT2D eigenvalue weighted by Crippen LogP contribution is -2.37. The van der Waals surface area contributed by atoms with Crippen molar-refractivity contribution in [3.63, 3.8) is 0 Å². The molecule has 1 aliphatic rings. The van der Waals surface area contributed by atoms with Gasteiger partial charge in [-0.15, -0.1) is 0 Å². The number of carboxylic acids is 1. The lowest BCUT2D eigenvalue weighted by atomic mass is 9.89. The molecule has 0 saturated heterocycles. The second-order valence-electron chi connectivity index (χ2n) is 11.1. The molecule has 0 radical (unpaired) electrons. The zero-order valence-electron chi connectivity index (χ0n) is 24.4. The third-order valence-corrected chi connectivity index (χ3v) is 8.46. The van der Waals surface area contributed by atoms with Crippen LogP contribution in [0.5, 0.6) is 0 Å². The zero-order valence-corrected chi connectivity index (χ0v) is 24.4. The summed E-state index contributed by atoms with van der Waals surface area (Å²) >= 11 is 0. The van der Waals surface area contributed by atoms with Crippen molar-refractivity contribution in [2.45, 2.75) is 89.9 Å². The van der Waals surface area contributed by atoms with Gasteiger partial charge in [-0.25, -0.2) is 9.31 Å². The Morgan fingerprint density at radius 1 is 1.12 bits per heavy atom. The van der Waals surface area contributed by atoms with E-state index in [1.807, 2.05) is 60.0 Å². The van der Waals surface area contributed by atoms with Crippen molar-refractivity contribution in [2.75, 3.05) is 0 Å². The van der Waals surface area contributed by atoms with Gasteiger partial charge in [0.2, 0.25) is 5.78 Å². The Labute approximate surface area is 245 Å². The molecule has 4 aromatic rings. The van der Waals surface area contributed by atoms with Crippen molar-refractivity contribution < 1.29 is 14.6 Å². The minimum Gasteiger partial charge on any atom is -0.479 e. The normalized spacial score (nSPS) is 18.4. The number of nitrogens with zero attached hydrogens (tertiary/aromatic N) is 5. The number of benzene rings is 2. The summed E-state index contributed by atoms with van der Waals surface area (Å²) in [4.78, 5) is 30.4. The molecule has 2 atom stereocenters. The zero-order chi connectivity index (χ0) is 29.8. The Hall–Kier alpha value is -4.29. The second-order valence-corrected chi connectivity index (χ2v) is 11.1. The van der Waals surface area contributed by atoms with Crippen LogP contribution in [0.3, 0.4) is 0 Å². The largest absolute Gasteiger partial charge is 0.479 e. The van der Waals surface area contributed by atoms with Crippen LogP contribution in [-0.4, -0.2) is 42.4 Å². The minimum absolute atomic E-state index is 0.0494. The van der Waals surface area contributed by atoms with Crippen LogP contribution in [0.15, 0.2) is 59.7 Å². The number of fused-ring (bicyclic) bond motifs is 1. The van der Waals surface area contributed by atoms with E-state index >= 15 is 0 Å². The number of aromatic nitrogens is 4. The van der Waals surface area contributed by atoms with Crippen molar-refractivity contribution in [1.29, 1.82) is 5.26 Å². The topological polar surface area (TPSA) is 123 Å². The van der Waals surface area contributed by atoms with Crippen molar-refractivity contribution in [3.8, 4) is 17.2 Å². The number of carbonyl (C=O) groups is 1. The van der Waals surface area contributed by atoms with Crippen LogP contribution in [-0.2, 0) is 16.0 Å². The average Bonchev–Trinajstić information content (AvgIpc) is 3.50. The van der Waals surface area contributed by atoms with Gasteiger partial charge >= 0.3 is 5.97 Å². The molecule has 0 amide bonds. The number of ether oxygens (including phenoxy) is 1. The van der Waals surface area contributed by atoms with Crippen LogP contribution >= 0.6 is 0 Å². The van der Waals surface area contributed by atoms with E-state index in [2.05, 4.69) is 30.0 Å². The van der Waals surface area contributed by atoms with Gasteiger partial charge in [0.1, 0.15) is 6.33 Å². The maximum absolute atomic E-state index is 14.4. The summed E-state index contributed by atoms with van der Waals surface area (Å²) in [7, 11) is 0. The fourth-order valence-electron chi connectivity index (χ4n) is 6.24. The molecule has 2 aromatic carbocycles. The highest BCUT2D eigenvalue weighted by Crippen LogP contribution is 2.34. The van der Waals surface area contributed by atoms with Gasteiger partial charge in [-0.3, -0.25) is 9.36 Å². The predicted octanol–water partition coefficient (Wildman–Crippen LogP) is 5.90. The van der Waals surface area contributed by atoms with Crippen LogP contribution in [0.1, 0.15) is 93.6 Å². The summed E-state index contributed by atoms with van der Waals surface area (Å²) in [5.74, 6) is -0.586. The Morgan fingerprint density at radius 2 is 1.83 bits per heavy atom. The first-order valence-electron chi connectivity index (χ1n) is 14.8. The fourth-order valence-corrected chi connectivity index (χ4v) is 6.24. The first-order chi connectivity index (χ1) is 20.4. The smallest absolute Gasteiger partial charge is 0.332 e. The van der Waals surface area contributed by atoms with E-state index in [4.69, 9.17) is 4.74 Å². The van der Waals surface area contributed by atoms with E-state index in [1.165, 1.54) is 6.33 Å². The number of hydrogen-bond acceptors (Lipinski definition) is 6. The van der Waals surface area contributed by atoms with Crippen molar-refractivity contribution in [3.05, 3.63) is 87.6 Å². The molecule has 0 spiro atoms. The molecule has 1 fully saturated rings. The standard InChI is InChI=1S/C33H37N5O4/c1-4-8-28-30(21(3)22-11-13-23(14-12-22)27-10-7-6-9-24(27)19-34)31(39)37(33-35-20-36-38(28)33)25-15-17-26(18-16-25)42-29(5-2)32(40)41/h6-7,9-14,20-21,25-26,29H,4-5,8,15-18H2,1-3H3,(H,40,41)/t21?,25-,26-,29?. The Bertz CT molecular complexity index is 1660. The summed E-state index contributed by atoms with van der Waals surface area (Å²) in [5, 5.41) is 23.5. The van der Waals surface area contributed by atoms with Gasteiger partial charge in [0.15, 0.2) is 6.10 Å². The van der Waals surface area contributed by atoms with Crippen LogP contribution in [0.25, 0.3) is 16.9 Å². The van der Waals surface area contributed by atoms with E-state index in [0.29, 0.717) is 49.9 Å². The van der Waals surface area contributed by atoms with Gasteiger partial charge in [-0.2, -0.15) is 15.3 Å². The van der Waals surface area contributed by atoms with Crippen LogP contribution < -0.4 is 5.56 Å². The number of nitriles is 1. The van der Waals surface area contributed by atoms with Crippen molar-refractivity contribution in [2.24, 2.45) is 0 Å². The molecule has 2 heterocycles. The van der Waals surface area contributed by atoms with E-state index in [0.717, 1.165) is 34.4 Å². The average molecular weight is 568 g/mol. The Kier molecular flexibility index (Phi) is 8.83. The molecule has 2 unspecified atom stereocenters. The molecule has 1 saturated carbocycles. The minimum atomic E-state index is -0.937. The van der Waals surface area contributed by atoms with E-state index in [1.54, 1.807) is 4.57 Å². The molecule has 0 aliphatic heterocycles. The highest BCUT2D eigenvalue weighted by atomic mass is 16.5.